The van der Waals surface area contributed by atoms with E-state index < -0.39 is 9.84 Å². The van der Waals surface area contributed by atoms with Gasteiger partial charge in [0.2, 0.25) is 0 Å². The fourth-order valence-corrected chi connectivity index (χ4v) is 4.66. The van der Waals surface area contributed by atoms with Crippen molar-refractivity contribution in [1.82, 2.24) is 4.90 Å². The van der Waals surface area contributed by atoms with Gasteiger partial charge in [-0.3, -0.25) is 4.90 Å². The lowest BCUT2D eigenvalue weighted by Gasteiger charge is -2.26. The summed E-state index contributed by atoms with van der Waals surface area (Å²) in [5.74, 6) is 1.46. The maximum Gasteiger partial charge on any atom is 0.175 e. The number of nitrogens with zero attached hydrogens (tertiary/aromatic N) is 1. The van der Waals surface area contributed by atoms with E-state index in [1.165, 1.54) is 6.26 Å². The molecule has 0 bridgehead atoms. The third-order valence-electron chi connectivity index (χ3n) is 5.60. The number of aliphatic hydroxyl groups excluding tert-OH is 1. The molecule has 1 fully saturated rings. The van der Waals surface area contributed by atoms with Crippen LogP contribution in [0.25, 0.3) is 0 Å². The fraction of sp³-hybridized carbons (Fsp3) is 0.455. The Morgan fingerprint density at radius 3 is 2.55 bits per heavy atom. The first-order valence-corrected chi connectivity index (χ1v) is 12.1. The molecule has 2 aromatic carbocycles. The molecule has 0 spiro atoms. The van der Waals surface area contributed by atoms with Crippen molar-refractivity contribution < 1.29 is 18.3 Å². The highest BCUT2D eigenvalue weighted by atomic mass is 35.5. The van der Waals surface area contributed by atoms with Gasteiger partial charge in [0, 0.05) is 36.3 Å². The normalized spacial score (nSPS) is 21.2. The number of hydrogen-bond acceptors (Lipinski definition) is 5. The molecule has 1 N–H and O–H groups in total. The van der Waals surface area contributed by atoms with Gasteiger partial charge in [-0.1, -0.05) is 30.7 Å². The minimum atomic E-state index is -3.20. The molecule has 0 aliphatic carbocycles. The van der Waals surface area contributed by atoms with Gasteiger partial charge in [0.25, 0.3) is 0 Å². The number of rotatable bonds is 8. The maximum atomic E-state index is 11.6. The smallest absolute Gasteiger partial charge is 0.175 e. The van der Waals surface area contributed by atoms with E-state index in [1.807, 2.05) is 24.3 Å². The first kappa shape index (κ1) is 22.1. The molecule has 3 atom stereocenters. The van der Waals surface area contributed by atoms with Crippen LogP contribution in [-0.2, 0) is 16.3 Å². The van der Waals surface area contributed by atoms with Crippen LogP contribution in [-0.4, -0.2) is 57.0 Å². The monoisotopic (exact) mass is 437 g/mol. The summed E-state index contributed by atoms with van der Waals surface area (Å²) in [5.41, 5.74) is 1.12. The van der Waals surface area contributed by atoms with Gasteiger partial charge in [0.05, 0.1) is 18.1 Å². The van der Waals surface area contributed by atoms with E-state index in [0.29, 0.717) is 29.2 Å². The van der Waals surface area contributed by atoms with Crippen molar-refractivity contribution in [2.24, 2.45) is 11.8 Å². The summed E-state index contributed by atoms with van der Waals surface area (Å²) in [7, 11) is -3.20. The first-order valence-electron chi connectivity index (χ1n) is 9.78. The van der Waals surface area contributed by atoms with E-state index in [2.05, 4.69) is 11.8 Å². The molecule has 2 aromatic rings. The predicted octanol–water partition coefficient (Wildman–Crippen LogP) is 3.29. The molecular formula is C22H28ClNO4S. The lowest BCUT2D eigenvalue weighted by atomic mass is 9.99. The molecule has 0 unspecified atom stereocenters. The molecule has 0 amide bonds. The Morgan fingerprint density at radius 1 is 1.21 bits per heavy atom. The van der Waals surface area contributed by atoms with Crippen molar-refractivity contribution in [1.29, 1.82) is 0 Å². The lowest BCUT2D eigenvalue weighted by molar-refractivity contribution is 0.136. The molecule has 158 valence electrons. The van der Waals surface area contributed by atoms with E-state index in [-0.39, 0.29) is 17.5 Å². The lowest BCUT2D eigenvalue weighted by Crippen LogP contribution is -2.38. The largest absolute Gasteiger partial charge is 0.493 e. The van der Waals surface area contributed by atoms with E-state index in [9.17, 15) is 13.5 Å². The Balaban J connectivity index is 1.57. The zero-order valence-corrected chi connectivity index (χ0v) is 18.4. The van der Waals surface area contributed by atoms with Gasteiger partial charge < -0.3 is 9.84 Å². The third-order valence-corrected chi connectivity index (χ3v) is 6.96. The van der Waals surface area contributed by atoms with Crippen LogP contribution in [0.5, 0.6) is 5.75 Å². The van der Waals surface area contributed by atoms with Crippen LogP contribution in [0.1, 0.15) is 12.5 Å². The second-order valence-corrected chi connectivity index (χ2v) is 10.4. The van der Waals surface area contributed by atoms with Crippen molar-refractivity contribution in [2.45, 2.75) is 24.3 Å². The van der Waals surface area contributed by atoms with Gasteiger partial charge in [0.15, 0.2) is 9.84 Å². The average molecular weight is 438 g/mol. The molecule has 7 heteroatoms. The summed E-state index contributed by atoms with van der Waals surface area (Å²) < 4.78 is 29.0. The molecule has 1 aliphatic rings. The Morgan fingerprint density at radius 2 is 1.93 bits per heavy atom. The Kier molecular flexibility index (Phi) is 7.22. The van der Waals surface area contributed by atoms with Gasteiger partial charge in [-0.15, -0.1) is 0 Å². The standard InChI is InChI=1S/C22H28ClNO4S/c1-16-12-24(20(14-25)11-17-4-3-5-19(23)10-17)13-18(16)15-28-21-6-8-22(9-7-21)29(2,26)27/h3-10,16,18,20,25H,11-15H2,1-2H3/t16-,18+,20+/m1/s1. The van der Waals surface area contributed by atoms with Gasteiger partial charge in [-0.25, -0.2) is 8.42 Å². The van der Waals surface area contributed by atoms with E-state index >= 15 is 0 Å². The van der Waals surface area contributed by atoms with Crippen molar-refractivity contribution in [3.63, 3.8) is 0 Å². The SMILES string of the molecule is C[C@@H]1CN([C@H](CO)Cc2cccc(Cl)c2)C[C@H]1COc1ccc(S(C)(=O)=O)cc1. The summed E-state index contributed by atoms with van der Waals surface area (Å²) in [5, 5.41) is 10.6. The second kappa shape index (κ2) is 9.47. The summed E-state index contributed by atoms with van der Waals surface area (Å²) in [6.07, 6.45) is 1.95. The molecule has 0 aromatic heterocycles. The summed E-state index contributed by atoms with van der Waals surface area (Å²) in [6.45, 7) is 4.63. The van der Waals surface area contributed by atoms with Crippen LogP contribution in [0.4, 0.5) is 0 Å². The highest BCUT2D eigenvalue weighted by molar-refractivity contribution is 7.90. The molecular weight excluding hydrogens is 410 g/mol. The zero-order valence-electron chi connectivity index (χ0n) is 16.8. The second-order valence-electron chi connectivity index (χ2n) is 7.92. The van der Waals surface area contributed by atoms with Crippen LogP contribution in [0.15, 0.2) is 53.4 Å². The predicted molar refractivity (Wildman–Crippen MR) is 115 cm³/mol. The summed E-state index contributed by atoms with van der Waals surface area (Å²) >= 11 is 6.09. The molecule has 0 saturated carbocycles. The molecule has 1 heterocycles. The Labute approximate surface area is 178 Å². The topological polar surface area (TPSA) is 66.8 Å². The average Bonchev–Trinajstić information content (AvgIpc) is 3.04. The van der Waals surface area contributed by atoms with Gasteiger partial charge >= 0.3 is 0 Å². The summed E-state index contributed by atoms with van der Waals surface area (Å²) in [4.78, 5) is 2.61. The van der Waals surface area contributed by atoms with Crippen molar-refractivity contribution in [3.05, 3.63) is 59.1 Å². The van der Waals surface area contributed by atoms with Crippen LogP contribution in [0.3, 0.4) is 0 Å². The quantitative estimate of drug-likeness (QED) is 0.686. The number of halogens is 1. The number of sulfone groups is 1. The molecule has 5 nitrogen and oxygen atoms in total. The van der Waals surface area contributed by atoms with Gasteiger partial charge in [-0.2, -0.15) is 0 Å². The number of benzene rings is 2. The van der Waals surface area contributed by atoms with Crippen molar-refractivity contribution in [2.75, 3.05) is 32.6 Å². The number of ether oxygens (including phenoxy) is 1. The molecule has 29 heavy (non-hydrogen) atoms. The van der Waals surface area contributed by atoms with Crippen LogP contribution >= 0.6 is 11.6 Å². The highest BCUT2D eigenvalue weighted by Gasteiger charge is 2.33. The van der Waals surface area contributed by atoms with Gasteiger partial charge in [0.1, 0.15) is 5.75 Å². The van der Waals surface area contributed by atoms with Crippen LogP contribution in [0.2, 0.25) is 5.02 Å². The van der Waals surface area contributed by atoms with Crippen LogP contribution < -0.4 is 4.74 Å². The Bertz CT molecular complexity index is 917. The third kappa shape index (κ3) is 5.95. The van der Waals surface area contributed by atoms with E-state index in [4.69, 9.17) is 16.3 Å². The number of likely N-dealkylation sites (tertiary alicyclic amines) is 1. The molecule has 0 radical (unpaired) electrons. The molecule has 3 rings (SSSR count). The van der Waals surface area contributed by atoms with Crippen molar-refractivity contribution >= 4 is 21.4 Å². The molecule has 1 aliphatic heterocycles. The fourth-order valence-electron chi connectivity index (χ4n) is 3.82. The number of aliphatic hydroxyl groups is 1. The maximum absolute atomic E-state index is 11.6. The molecule has 1 saturated heterocycles. The van der Waals surface area contributed by atoms with Crippen LogP contribution in [0, 0.1) is 11.8 Å². The minimum Gasteiger partial charge on any atom is -0.493 e. The Hall–Kier alpha value is -1.60. The van der Waals surface area contributed by atoms with Gasteiger partial charge in [-0.05, 0) is 54.3 Å². The highest BCUT2D eigenvalue weighted by Crippen LogP contribution is 2.27. The van der Waals surface area contributed by atoms with E-state index in [0.717, 1.165) is 25.1 Å². The van der Waals surface area contributed by atoms with Crippen molar-refractivity contribution in [3.8, 4) is 5.75 Å². The zero-order chi connectivity index (χ0) is 21.0. The minimum absolute atomic E-state index is 0.0509. The summed E-state index contributed by atoms with van der Waals surface area (Å²) in [6, 6.07) is 14.4. The number of hydrogen-bond donors (Lipinski definition) is 1. The van der Waals surface area contributed by atoms with E-state index in [1.54, 1.807) is 24.3 Å². The first-order chi connectivity index (χ1) is 13.8.